The Bertz CT molecular complexity index is 1370. The summed E-state index contributed by atoms with van der Waals surface area (Å²) in [5.41, 5.74) is 5.48. The van der Waals surface area contributed by atoms with Gasteiger partial charge in [0.1, 0.15) is 11.3 Å². The third-order valence-corrected chi connectivity index (χ3v) is 6.75. The number of carbonyl (C=O) groups excluding carboxylic acids is 1. The van der Waals surface area contributed by atoms with E-state index in [0.717, 1.165) is 58.8 Å². The van der Waals surface area contributed by atoms with Gasteiger partial charge in [0.2, 0.25) is 0 Å². The molecule has 1 N–H and O–H groups in total. The van der Waals surface area contributed by atoms with Crippen molar-refractivity contribution in [3.05, 3.63) is 65.7 Å². The molecule has 1 fully saturated rings. The zero-order chi connectivity index (χ0) is 22.5. The molecule has 6 rings (SSSR count). The van der Waals surface area contributed by atoms with Crippen molar-refractivity contribution in [1.82, 2.24) is 5.16 Å². The Kier molecular flexibility index (Phi) is 4.61. The van der Waals surface area contributed by atoms with Crippen molar-refractivity contribution in [2.45, 2.75) is 19.8 Å². The van der Waals surface area contributed by atoms with Gasteiger partial charge in [0.25, 0.3) is 0 Å². The number of methoxy groups -OCH3 is 1. The molecule has 1 aliphatic heterocycles. The van der Waals surface area contributed by atoms with E-state index in [2.05, 4.69) is 28.4 Å². The van der Waals surface area contributed by atoms with Gasteiger partial charge >= 0.3 is 0 Å². The summed E-state index contributed by atoms with van der Waals surface area (Å²) in [7, 11) is 1.65. The summed E-state index contributed by atoms with van der Waals surface area (Å²) >= 11 is 0. The maximum absolute atomic E-state index is 13.7. The second kappa shape index (κ2) is 7.66. The number of aromatic nitrogens is 1. The minimum Gasteiger partial charge on any atom is -0.497 e. The molecule has 6 heteroatoms. The van der Waals surface area contributed by atoms with Crippen LogP contribution in [0.5, 0.6) is 5.75 Å². The summed E-state index contributed by atoms with van der Waals surface area (Å²) in [5, 5.41) is 8.78. The van der Waals surface area contributed by atoms with Crippen molar-refractivity contribution >= 4 is 33.7 Å². The number of anilines is 3. The summed E-state index contributed by atoms with van der Waals surface area (Å²) in [6, 6.07) is 17.4. The molecule has 3 aromatic carbocycles. The average molecular weight is 440 g/mol. The Balaban J connectivity index is 1.57. The van der Waals surface area contributed by atoms with Gasteiger partial charge in [-0.05, 0) is 49.1 Å². The molecule has 33 heavy (non-hydrogen) atoms. The van der Waals surface area contributed by atoms with Crippen molar-refractivity contribution in [1.29, 1.82) is 0 Å². The molecule has 0 unspecified atom stereocenters. The number of ether oxygens (including phenoxy) is 1. The van der Waals surface area contributed by atoms with Crippen molar-refractivity contribution < 1.29 is 14.1 Å². The summed E-state index contributed by atoms with van der Waals surface area (Å²) in [5.74, 6) is 2.04. The van der Waals surface area contributed by atoms with E-state index in [1.807, 2.05) is 48.5 Å². The van der Waals surface area contributed by atoms with Crippen LogP contribution < -0.4 is 15.0 Å². The van der Waals surface area contributed by atoms with E-state index in [1.165, 1.54) is 6.42 Å². The summed E-state index contributed by atoms with van der Waals surface area (Å²) in [4.78, 5) is 16.1. The van der Waals surface area contributed by atoms with E-state index in [0.29, 0.717) is 22.8 Å². The fourth-order valence-electron chi connectivity index (χ4n) is 5.12. The Labute approximate surface area is 192 Å². The topological polar surface area (TPSA) is 67.6 Å². The monoisotopic (exact) mass is 439 g/mol. The number of carbonyl (C=O) groups is 1. The first-order valence-electron chi connectivity index (χ1n) is 11.4. The van der Waals surface area contributed by atoms with Crippen LogP contribution >= 0.6 is 0 Å². The van der Waals surface area contributed by atoms with E-state index in [1.54, 1.807) is 7.11 Å². The van der Waals surface area contributed by atoms with Gasteiger partial charge in [0.05, 0.1) is 29.4 Å². The zero-order valence-electron chi connectivity index (χ0n) is 18.7. The minimum atomic E-state index is -0.0131. The maximum atomic E-state index is 13.7. The van der Waals surface area contributed by atoms with Crippen molar-refractivity contribution in [3.63, 3.8) is 0 Å². The lowest BCUT2D eigenvalue weighted by atomic mass is 9.86. The lowest BCUT2D eigenvalue weighted by molar-refractivity contribution is 0.104. The van der Waals surface area contributed by atoms with Crippen molar-refractivity contribution in [2.75, 3.05) is 30.4 Å². The summed E-state index contributed by atoms with van der Waals surface area (Å²) in [6.07, 6.45) is 2.36. The van der Waals surface area contributed by atoms with Crippen LogP contribution in [-0.4, -0.2) is 31.1 Å². The highest BCUT2D eigenvalue weighted by molar-refractivity contribution is 6.28. The molecule has 0 bridgehead atoms. The number of nitrogens with zero attached hydrogens (tertiary/aromatic N) is 2. The smallest absolute Gasteiger partial charge is 0.196 e. The van der Waals surface area contributed by atoms with Gasteiger partial charge < -0.3 is 19.5 Å². The molecule has 4 aromatic rings. The predicted molar refractivity (Wildman–Crippen MR) is 130 cm³/mol. The Morgan fingerprint density at radius 1 is 1.12 bits per heavy atom. The van der Waals surface area contributed by atoms with Crippen LogP contribution in [0.2, 0.25) is 0 Å². The van der Waals surface area contributed by atoms with Crippen LogP contribution in [0.25, 0.3) is 22.2 Å². The Morgan fingerprint density at radius 2 is 1.91 bits per heavy atom. The van der Waals surface area contributed by atoms with Gasteiger partial charge in [0, 0.05) is 29.9 Å². The largest absolute Gasteiger partial charge is 0.497 e. The average Bonchev–Trinajstić information content (AvgIpc) is 3.28. The first-order chi connectivity index (χ1) is 16.1. The summed E-state index contributed by atoms with van der Waals surface area (Å²) < 4.78 is 11.2. The lowest BCUT2D eigenvalue weighted by Gasteiger charge is -2.33. The SMILES string of the molecule is COc1ccc(Nc2cc(N3CCC[C@H](C)C3)c3noc4c3c2C(=O)c2ccccc2-4)cc1. The molecular formula is C27H25N3O3. The number of hydrogen-bond acceptors (Lipinski definition) is 6. The highest BCUT2D eigenvalue weighted by Crippen LogP contribution is 2.46. The second-order valence-corrected chi connectivity index (χ2v) is 8.98. The quantitative estimate of drug-likeness (QED) is 0.369. The van der Waals surface area contributed by atoms with Crippen molar-refractivity contribution in [2.24, 2.45) is 5.92 Å². The number of benzene rings is 3. The number of ketones is 1. The van der Waals surface area contributed by atoms with Gasteiger partial charge in [-0.25, -0.2) is 0 Å². The molecule has 0 amide bonds. The molecule has 2 aliphatic rings. The second-order valence-electron chi connectivity index (χ2n) is 8.98. The fourth-order valence-corrected chi connectivity index (χ4v) is 5.12. The van der Waals surface area contributed by atoms with Crippen LogP contribution in [0, 0.1) is 5.92 Å². The number of rotatable bonds is 4. The lowest BCUT2D eigenvalue weighted by Crippen LogP contribution is -2.34. The molecule has 166 valence electrons. The molecule has 1 aromatic heterocycles. The maximum Gasteiger partial charge on any atom is 0.196 e. The Morgan fingerprint density at radius 3 is 2.67 bits per heavy atom. The molecule has 0 radical (unpaired) electrons. The molecule has 1 atom stereocenters. The molecule has 0 spiro atoms. The molecule has 1 saturated heterocycles. The Hall–Kier alpha value is -3.80. The van der Waals surface area contributed by atoms with Gasteiger partial charge in [0.15, 0.2) is 11.5 Å². The standard InChI is InChI=1S/C27H25N3O3/c1-16-6-5-13-30(15-16)22-14-21(28-17-9-11-18(32-2)12-10-17)23-24-25(22)29-33-27(24)20-8-4-3-7-19(20)26(23)31/h3-4,7-12,14,16,28H,5-6,13,15H2,1-2H3/t16-/m0/s1. The van der Waals surface area contributed by atoms with Gasteiger partial charge in [-0.15, -0.1) is 0 Å². The first kappa shape index (κ1) is 19.9. The van der Waals surface area contributed by atoms with Crippen LogP contribution in [0.3, 0.4) is 0 Å². The number of fused-ring (bicyclic) bond motifs is 2. The van der Waals surface area contributed by atoms with E-state index < -0.39 is 0 Å². The highest BCUT2D eigenvalue weighted by atomic mass is 16.5. The molecule has 0 saturated carbocycles. The predicted octanol–water partition coefficient (Wildman–Crippen LogP) is 6.03. The highest BCUT2D eigenvalue weighted by Gasteiger charge is 2.34. The van der Waals surface area contributed by atoms with Crippen LogP contribution in [-0.2, 0) is 0 Å². The molecule has 6 nitrogen and oxygen atoms in total. The van der Waals surface area contributed by atoms with Crippen LogP contribution in [0.15, 0.2) is 59.1 Å². The summed E-state index contributed by atoms with van der Waals surface area (Å²) in [6.45, 7) is 4.21. The third kappa shape index (κ3) is 3.17. The van der Waals surface area contributed by atoms with E-state index in [9.17, 15) is 4.79 Å². The minimum absolute atomic E-state index is 0.0131. The third-order valence-electron chi connectivity index (χ3n) is 6.75. The number of nitrogens with one attached hydrogen (secondary N) is 1. The zero-order valence-corrected chi connectivity index (χ0v) is 18.7. The van der Waals surface area contributed by atoms with Gasteiger partial charge in [-0.1, -0.05) is 36.3 Å². The van der Waals surface area contributed by atoms with E-state index in [4.69, 9.17) is 9.26 Å². The van der Waals surface area contributed by atoms with Gasteiger partial charge in [-0.2, -0.15) is 0 Å². The molecule has 1 aliphatic carbocycles. The van der Waals surface area contributed by atoms with Gasteiger partial charge in [-0.3, -0.25) is 4.79 Å². The van der Waals surface area contributed by atoms with Crippen LogP contribution in [0.1, 0.15) is 35.7 Å². The molecular weight excluding hydrogens is 414 g/mol. The number of hydrogen-bond donors (Lipinski definition) is 1. The normalized spacial score (nSPS) is 17.2. The number of piperidine rings is 1. The molecule has 2 heterocycles. The first-order valence-corrected chi connectivity index (χ1v) is 11.4. The van der Waals surface area contributed by atoms with E-state index >= 15 is 0 Å². The van der Waals surface area contributed by atoms with Crippen molar-refractivity contribution in [3.8, 4) is 17.1 Å². The fraction of sp³-hybridized carbons (Fsp3) is 0.259. The van der Waals surface area contributed by atoms with E-state index in [-0.39, 0.29) is 5.78 Å². The van der Waals surface area contributed by atoms with Crippen LogP contribution in [0.4, 0.5) is 17.1 Å².